The smallest absolute Gasteiger partial charge is 0.336 e. The molecule has 172 valence electrons. The maximum absolute atomic E-state index is 13.4. The highest BCUT2D eigenvalue weighted by atomic mass is 32.1. The van der Waals surface area contributed by atoms with Crippen LogP contribution in [0.1, 0.15) is 42.0 Å². The number of rotatable bonds is 5. The molecule has 0 saturated carbocycles. The van der Waals surface area contributed by atoms with E-state index < -0.39 is 28.2 Å². The standard InChI is InChI=1S/C23H22N2O7S/c1-11-19(23(28)32-3)20(13-8-15(25(29)30)22(27)17(10-13)31-2)21-14(24-11)7-12(9-16(21)26)18-5-4-6-33-18/h4-6,8,10,12,20,24,27H,7,9H2,1-3H3/t12-,20+/m1/s1. The lowest BCUT2D eigenvalue weighted by Crippen LogP contribution is -2.35. The summed E-state index contributed by atoms with van der Waals surface area (Å²) in [5.74, 6) is -2.46. The van der Waals surface area contributed by atoms with Gasteiger partial charge in [0.15, 0.2) is 11.5 Å². The van der Waals surface area contributed by atoms with Crippen molar-refractivity contribution in [3.05, 3.63) is 72.7 Å². The minimum Gasteiger partial charge on any atom is -0.500 e. The van der Waals surface area contributed by atoms with Crippen LogP contribution in [-0.2, 0) is 14.3 Å². The van der Waals surface area contributed by atoms with Crippen molar-refractivity contribution in [3.63, 3.8) is 0 Å². The van der Waals surface area contributed by atoms with Crippen LogP contribution in [0.25, 0.3) is 0 Å². The number of nitro groups is 1. The summed E-state index contributed by atoms with van der Waals surface area (Å²) in [6.07, 6.45) is 0.809. The molecule has 0 saturated heterocycles. The number of benzene rings is 1. The first-order valence-corrected chi connectivity index (χ1v) is 11.1. The van der Waals surface area contributed by atoms with Gasteiger partial charge in [-0.1, -0.05) is 6.07 Å². The Morgan fingerprint density at radius 3 is 2.67 bits per heavy atom. The molecule has 2 heterocycles. The minimum absolute atomic E-state index is 0.000525. The quantitative estimate of drug-likeness (QED) is 0.382. The lowest BCUT2D eigenvalue weighted by Gasteiger charge is -2.36. The molecule has 2 N–H and O–H groups in total. The summed E-state index contributed by atoms with van der Waals surface area (Å²) in [7, 11) is 2.51. The van der Waals surface area contributed by atoms with Crippen molar-refractivity contribution in [3.8, 4) is 11.5 Å². The fourth-order valence-corrected chi connectivity index (χ4v) is 5.38. The minimum atomic E-state index is -0.904. The normalized spacial score (nSPS) is 20.3. The number of phenols is 1. The van der Waals surface area contributed by atoms with Gasteiger partial charge in [-0.05, 0) is 36.4 Å². The number of phenolic OH excluding ortho intramolecular Hbond substituents is 1. The fraction of sp³-hybridized carbons (Fsp3) is 0.304. The molecule has 1 aromatic heterocycles. The Morgan fingerprint density at radius 2 is 2.06 bits per heavy atom. The number of allylic oxidation sites excluding steroid dienone is 3. The van der Waals surface area contributed by atoms with Crippen LogP contribution in [0.3, 0.4) is 0 Å². The molecular weight excluding hydrogens is 448 g/mol. The molecule has 0 unspecified atom stereocenters. The number of esters is 1. The molecule has 2 aromatic rings. The highest BCUT2D eigenvalue weighted by molar-refractivity contribution is 7.10. The van der Waals surface area contributed by atoms with Crippen molar-refractivity contribution in [2.45, 2.75) is 31.6 Å². The largest absolute Gasteiger partial charge is 0.500 e. The molecular formula is C23H22N2O7S. The van der Waals surface area contributed by atoms with Crippen molar-refractivity contribution < 1.29 is 29.1 Å². The van der Waals surface area contributed by atoms with E-state index in [-0.39, 0.29) is 35.0 Å². The number of hydrogen-bond acceptors (Lipinski definition) is 9. The van der Waals surface area contributed by atoms with Gasteiger partial charge in [0.05, 0.1) is 24.7 Å². The molecule has 33 heavy (non-hydrogen) atoms. The average molecular weight is 471 g/mol. The number of dihydropyridines is 1. The van der Waals surface area contributed by atoms with E-state index in [9.17, 15) is 24.8 Å². The van der Waals surface area contributed by atoms with Gasteiger partial charge in [0.1, 0.15) is 0 Å². The fourth-order valence-electron chi connectivity index (χ4n) is 4.55. The second kappa shape index (κ2) is 8.70. The molecule has 0 radical (unpaired) electrons. The van der Waals surface area contributed by atoms with Gasteiger partial charge in [0.25, 0.3) is 0 Å². The van der Waals surface area contributed by atoms with E-state index in [1.807, 2.05) is 17.5 Å². The molecule has 0 fully saturated rings. The number of carbonyl (C=O) groups is 2. The van der Waals surface area contributed by atoms with Gasteiger partial charge in [-0.25, -0.2) is 4.79 Å². The zero-order valence-corrected chi connectivity index (χ0v) is 19.0. The Morgan fingerprint density at radius 1 is 1.30 bits per heavy atom. The van der Waals surface area contributed by atoms with Crippen molar-refractivity contribution in [1.82, 2.24) is 5.32 Å². The topological polar surface area (TPSA) is 128 Å². The second-order valence-electron chi connectivity index (χ2n) is 7.87. The first-order chi connectivity index (χ1) is 15.8. The average Bonchev–Trinajstić information content (AvgIpc) is 3.32. The number of nitrogens with zero attached hydrogens (tertiary/aromatic N) is 1. The van der Waals surface area contributed by atoms with Gasteiger partial charge in [0.2, 0.25) is 5.75 Å². The van der Waals surface area contributed by atoms with Gasteiger partial charge in [-0.2, -0.15) is 0 Å². The molecule has 0 spiro atoms. The predicted molar refractivity (Wildman–Crippen MR) is 120 cm³/mol. The summed E-state index contributed by atoms with van der Waals surface area (Å²) in [5.41, 5.74) is 1.44. The Hall–Kier alpha value is -3.66. The van der Waals surface area contributed by atoms with Crippen LogP contribution < -0.4 is 10.1 Å². The molecule has 9 nitrogen and oxygen atoms in total. The summed E-state index contributed by atoms with van der Waals surface area (Å²) in [4.78, 5) is 38.1. The van der Waals surface area contributed by atoms with Crippen LogP contribution in [-0.4, -0.2) is 36.0 Å². The number of Topliss-reactive ketones (excluding diaryl/α,β-unsaturated/α-hetero) is 1. The molecule has 1 aliphatic heterocycles. The first kappa shape index (κ1) is 22.5. The van der Waals surface area contributed by atoms with Crippen LogP contribution in [0.4, 0.5) is 5.69 Å². The highest BCUT2D eigenvalue weighted by Gasteiger charge is 2.42. The molecule has 0 amide bonds. The van der Waals surface area contributed by atoms with Crippen LogP contribution in [0.15, 0.2) is 52.2 Å². The van der Waals surface area contributed by atoms with Gasteiger partial charge < -0.3 is 19.9 Å². The number of hydrogen-bond donors (Lipinski definition) is 2. The van der Waals surface area contributed by atoms with Gasteiger partial charge >= 0.3 is 11.7 Å². The van der Waals surface area contributed by atoms with Gasteiger partial charge in [-0.15, -0.1) is 11.3 Å². The summed E-state index contributed by atoms with van der Waals surface area (Å²) >= 11 is 1.58. The number of nitro benzene ring substituents is 1. The molecule has 2 atom stereocenters. The van der Waals surface area contributed by atoms with Gasteiger partial charge in [-0.3, -0.25) is 14.9 Å². The molecule has 10 heteroatoms. The third kappa shape index (κ3) is 3.86. The Balaban J connectivity index is 1.91. The first-order valence-electron chi connectivity index (χ1n) is 10.2. The number of carbonyl (C=O) groups excluding carboxylic acids is 2. The van der Waals surface area contributed by atoms with E-state index >= 15 is 0 Å². The third-order valence-corrected chi connectivity index (χ3v) is 7.04. The van der Waals surface area contributed by atoms with Crippen LogP contribution in [0, 0.1) is 10.1 Å². The van der Waals surface area contributed by atoms with E-state index in [0.717, 1.165) is 4.88 Å². The summed E-state index contributed by atoms with van der Waals surface area (Å²) in [6.45, 7) is 1.70. The molecule has 1 aromatic carbocycles. The number of aromatic hydroxyl groups is 1. The number of methoxy groups -OCH3 is 2. The van der Waals surface area contributed by atoms with Crippen LogP contribution >= 0.6 is 11.3 Å². The van der Waals surface area contributed by atoms with Crippen LogP contribution in [0.2, 0.25) is 0 Å². The summed E-state index contributed by atoms with van der Waals surface area (Å²) in [6, 6.07) is 6.52. The Kier molecular flexibility index (Phi) is 5.94. The number of ether oxygens (including phenoxy) is 2. The van der Waals surface area contributed by atoms with Crippen molar-refractivity contribution in [2.24, 2.45) is 0 Å². The van der Waals surface area contributed by atoms with Crippen molar-refractivity contribution in [1.29, 1.82) is 0 Å². The molecule has 2 aliphatic rings. The highest BCUT2D eigenvalue weighted by Crippen LogP contribution is 2.49. The predicted octanol–water partition coefficient (Wildman–Crippen LogP) is 3.91. The van der Waals surface area contributed by atoms with Gasteiger partial charge in [0, 0.05) is 46.2 Å². The van der Waals surface area contributed by atoms with Crippen molar-refractivity contribution in [2.75, 3.05) is 14.2 Å². The zero-order chi connectivity index (χ0) is 23.9. The third-order valence-electron chi connectivity index (χ3n) is 6.01. The van der Waals surface area contributed by atoms with Crippen LogP contribution in [0.5, 0.6) is 11.5 Å². The monoisotopic (exact) mass is 470 g/mol. The SMILES string of the molecule is COC(=O)C1=C(C)NC2=C(C(=O)C[C@H](c3cccs3)C2)[C@H]1c1cc(OC)c(O)c([N+](=O)[O-])c1. The number of nitrogens with one attached hydrogen (secondary N) is 1. The Labute approximate surface area is 193 Å². The molecule has 0 bridgehead atoms. The Bertz CT molecular complexity index is 1210. The molecule has 4 rings (SSSR count). The van der Waals surface area contributed by atoms with E-state index in [1.54, 1.807) is 18.3 Å². The second-order valence-corrected chi connectivity index (χ2v) is 8.85. The van der Waals surface area contributed by atoms with E-state index in [0.29, 0.717) is 23.4 Å². The van der Waals surface area contributed by atoms with Crippen molar-refractivity contribution >= 4 is 28.8 Å². The van der Waals surface area contributed by atoms with E-state index in [1.165, 1.54) is 26.4 Å². The number of ketones is 1. The lowest BCUT2D eigenvalue weighted by atomic mass is 9.72. The maximum atomic E-state index is 13.4. The number of thiophene rings is 1. The summed E-state index contributed by atoms with van der Waals surface area (Å²) < 4.78 is 10.1. The molecule has 1 aliphatic carbocycles. The lowest BCUT2D eigenvalue weighted by molar-refractivity contribution is -0.386. The summed E-state index contributed by atoms with van der Waals surface area (Å²) in [5, 5.41) is 27.0. The van der Waals surface area contributed by atoms with E-state index in [2.05, 4.69) is 5.32 Å². The maximum Gasteiger partial charge on any atom is 0.336 e. The zero-order valence-electron chi connectivity index (χ0n) is 18.2. The van der Waals surface area contributed by atoms with E-state index in [4.69, 9.17) is 9.47 Å².